The highest BCUT2D eigenvalue weighted by Gasteiger charge is 2.32. The van der Waals surface area contributed by atoms with Crippen molar-refractivity contribution < 1.29 is 22.6 Å². The Hall–Kier alpha value is -2.51. The molecule has 0 atom stereocenters. The smallest absolute Gasteiger partial charge is 0.433 e. The van der Waals surface area contributed by atoms with Crippen LogP contribution in [-0.4, -0.2) is 49.3 Å². The summed E-state index contributed by atoms with van der Waals surface area (Å²) < 4.78 is 48.9. The number of nitrogens with zero attached hydrogens (tertiary/aromatic N) is 3. The molecule has 0 unspecified atom stereocenters. The number of benzene rings is 1. The van der Waals surface area contributed by atoms with Crippen molar-refractivity contribution in [2.24, 2.45) is 4.99 Å². The van der Waals surface area contributed by atoms with E-state index >= 15 is 0 Å². The number of ether oxygens (including phenoxy) is 2. The molecule has 1 aromatic heterocycles. The molecule has 8 nitrogen and oxygen atoms in total. The second kappa shape index (κ2) is 13.0. The van der Waals surface area contributed by atoms with Crippen molar-refractivity contribution >= 4 is 41.6 Å². The van der Waals surface area contributed by atoms with Crippen molar-refractivity contribution in [3.8, 4) is 11.5 Å². The van der Waals surface area contributed by atoms with Gasteiger partial charge in [0.15, 0.2) is 17.5 Å². The van der Waals surface area contributed by atoms with E-state index in [9.17, 15) is 13.2 Å². The number of guanidine groups is 1. The fraction of sp³-hybridized carbons (Fsp3) is 0.421. The summed E-state index contributed by atoms with van der Waals surface area (Å²) in [5, 5.41) is 8.98. The lowest BCUT2D eigenvalue weighted by atomic mass is 10.2. The number of hydrogen-bond acceptors (Lipinski definition) is 6. The van der Waals surface area contributed by atoms with Crippen molar-refractivity contribution in [3.05, 3.63) is 36.2 Å². The number of aliphatic imine (C=N–C) groups is 1. The van der Waals surface area contributed by atoms with Gasteiger partial charge in [-0.3, -0.25) is 4.99 Å². The summed E-state index contributed by atoms with van der Waals surface area (Å²) in [4.78, 5) is 11.6. The van der Waals surface area contributed by atoms with Crippen LogP contribution in [0.5, 0.6) is 11.5 Å². The van der Waals surface area contributed by atoms with Gasteiger partial charge in [-0.15, -0.1) is 24.0 Å². The minimum absolute atomic E-state index is 0. The maximum absolute atomic E-state index is 12.7. The molecule has 172 valence electrons. The summed E-state index contributed by atoms with van der Waals surface area (Å²) in [6.07, 6.45) is -3.45. The standard InChI is InChI=1S/C19H25F3N6O2.HI/c1-4-23-17(27-13-6-7-14(30-5-2)15(12-13)29-3)25-10-11-26-18-24-9-8-16(28-18)19(20,21)22;/h6-9,12H,4-5,10-11H2,1-3H3,(H2,23,25,27)(H,24,26,28);1H. The summed E-state index contributed by atoms with van der Waals surface area (Å²) in [6.45, 7) is 5.50. The van der Waals surface area contributed by atoms with Crippen LogP contribution in [0.2, 0.25) is 0 Å². The Balaban J connectivity index is 0.00000480. The van der Waals surface area contributed by atoms with Crippen molar-refractivity contribution in [1.82, 2.24) is 15.3 Å². The number of rotatable bonds is 9. The molecule has 1 aromatic carbocycles. The molecule has 0 bridgehead atoms. The molecule has 0 aliphatic rings. The van der Waals surface area contributed by atoms with E-state index < -0.39 is 11.9 Å². The van der Waals surface area contributed by atoms with Crippen LogP contribution < -0.4 is 25.4 Å². The van der Waals surface area contributed by atoms with Crippen LogP contribution in [0.3, 0.4) is 0 Å². The number of aromatic nitrogens is 2. The van der Waals surface area contributed by atoms with Gasteiger partial charge < -0.3 is 25.4 Å². The lowest BCUT2D eigenvalue weighted by Gasteiger charge is -2.14. The third kappa shape index (κ3) is 8.63. The van der Waals surface area contributed by atoms with Crippen molar-refractivity contribution in [3.63, 3.8) is 0 Å². The zero-order valence-electron chi connectivity index (χ0n) is 17.4. The summed E-state index contributed by atoms with van der Waals surface area (Å²) in [5.74, 6) is 1.63. The predicted molar refractivity (Wildman–Crippen MR) is 125 cm³/mol. The third-order valence-electron chi connectivity index (χ3n) is 3.68. The zero-order chi connectivity index (χ0) is 22.0. The fourth-order valence-corrected chi connectivity index (χ4v) is 2.40. The maximum atomic E-state index is 12.7. The van der Waals surface area contributed by atoms with E-state index in [4.69, 9.17) is 9.47 Å². The SMILES string of the molecule is CCNC(=NCCNc1nccc(C(F)(F)F)n1)Nc1ccc(OCC)c(OC)c1.I. The van der Waals surface area contributed by atoms with Crippen molar-refractivity contribution in [2.45, 2.75) is 20.0 Å². The highest BCUT2D eigenvalue weighted by atomic mass is 127. The van der Waals surface area contributed by atoms with Crippen LogP contribution in [0.1, 0.15) is 19.5 Å². The molecule has 0 aliphatic carbocycles. The Morgan fingerprint density at radius 2 is 1.94 bits per heavy atom. The van der Waals surface area contributed by atoms with Gasteiger partial charge in [-0.25, -0.2) is 9.97 Å². The first kappa shape index (κ1) is 26.5. The van der Waals surface area contributed by atoms with Gasteiger partial charge in [0.05, 0.1) is 20.3 Å². The Morgan fingerprint density at radius 1 is 1.16 bits per heavy atom. The van der Waals surface area contributed by atoms with Gasteiger partial charge in [0.1, 0.15) is 5.69 Å². The molecule has 0 spiro atoms. The van der Waals surface area contributed by atoms with Gasteiger partial charge in [-0.2, -0.15) is 13.2 Å². The second-order valence-corrected chi connectivity index (χ2v) is 5.87. The molecule has 31 heavy (non-hydrogen) atoms. The first-order valence-corrected chi connectivity index (χ1v) is 9.37. The van der Waals surface area contributed by atoms with Crippen LogP contribution in [0.4, 0.5) is 24.8 Å². The molecule has 3 N–H and O–H groups in total. The molecule has 0 fully saturated rings. The quantitative estimate of drug-likeness (QED) is 0.187. The highest BCUT2D eigenvalue weighted by molar-refractivity contribution is 14.0. The van der Waals surface area contributed by atoms with E-state index in [0.717, 1.165) is 18.0 Å². The Morgan fingerprint density at radius 3 is 2.58 bits per heavy atom. The Kier molecular flexibility index (Phi) is 11.1. The molecule has 0 radical (unpaired) electrons. The maximum Gasteiger partial charge on any atom is 0.433 e. The molecule has 2 aromatic rings. The van der Waals surface area contributed by atoms with E-state index in [2.05, 4.69) is 30.9 Å². The lowest BCUT2D eigenvalue weighted by molar-refractivity contribution is -0.141. The largest absolute Gasteiger partial charge is 0.493 e. The van der Waals surface area contributed by atoms with Crippen LogP contribution in [0.25, 0.3) is 0 Å². The fourth-order valence-electron chi connectivity index (χ4n) is 2.40. The van der Waals surface area contributed by atoms with Gasteiger partial charge in [-0.05, 0) is 32.0 Å². The van der Waals surface area contributed by atoms with E-state index in [-0.39, 0.29) is 43.0 Å². The Bertz CT molecular complexity index is 852. The number of hydrogen-bond donors (Lipinski definition) is 3. The molecular weight excluding hydrogens is 528 g/mol. The van der Waals surface area contributed by atoms with E-state index in [1.54, 1.807) is 19.2 Å². The normalized spacial score (nSPS) is 11.4. The van der Waals surface area contributed by atoms with Crippen LogP contribution >= 0.6 is 24.0 Å². The van der Waals surface area contributed by atoms with Crippen LogP contribution in [0, 0.1) is 0 Å². The van der Waals surface area contributed by atoms with Crippen molar-refractivity contribution in [1.29, 1.82) is 0 Å². The number of nitrogens with one attached hydrogen (secondary N) is 3. The minimum Gasteiger partial charge on any atom is -0.493 e. The molecule has 0 aliphatic heterocycles. The van der Waals surface area contributed by atoms with Gasteiger partial charge in [0, 0.05) is 31.0 Å². The molecular formula is C19H26F3IN6O2. The average molecular weight is 554 g/mol. The van der Waals surface area contributed by atoms with Gasteiger partial charge >= 0.3 is 6.18 Å². The number of halogens is 4. The number of anilines is 2. The second-order valence-electron chi connectivity index (χ2n) is 5.87. The minimum atomic E-state index is -4.52. The first-order chi connectivity index (χ1) is 14.4. The molecule has 2 rings (SSSR count). The monoisotopic (exact) mass is 554 g/mol. The Labute approximate surface area is 196 Å². The molecule has 12 heteroatoms. The van der Waals surface area contributed by atoms with Gasteiger partial charge in [0.2, 0.25) is 5.95 Å². The predicted octanol–water partition coefficient (Wildman–Crippen LogP) is 4.01. The third-order valence-corrected chi connectivity index (χ3v) is 3.68. The summed E-state index contributed by atoms with van der Waals surface area (Å²) in [5.41, 5.74) is -0.257. The lowest BCUT2D eigenvalue weighted by Crippen LogP contribution is -2.31. The zero-order valence-corrected chi connectivity index (χ0v) is 19.7. The molecule has 1 heterocycles. The summed E-state index contributed by atoms with van der Waals surface area (Å²) in [7, 11) is 1.56. The number of alkyl halides is 3. The summed E-state index contributed by atoms with van der Waals surface area (Å²) >= 11 is 0. The molecule has 0 amide bonds. The van der Waals surface area contributed by atoms with Gasteiger partial charge in [-0.1, -0.05) is 0 Å². The van der Waals surface area contributed by atoms with Crippen molar-refractivity contribution in [2.75, 3.05) is 44.0 Å². The van der Waals surface area contributed by atoms with E-state index in [1.165, 1.54) is 0 Å². The number of methoxy groups -OCH3 is 1. The first-order valence-electron chi connectivity index (χ1n) is 9.37. The summed E-state index contributed by atoms with van der Waals surface area (Å²) in [6, 6.07) is 6.23. The molecule has 0 saturated carbocycles. The van der Waals surface area contributed by atoms with E-state index in [0.29, 0.717) is 30.6 Å². The van der Waals surface area contributed by atoms with Gasteiger partial charge in [0.25, 0.3) is 0 Å². The van der Waals surface area contributed by atoms with Crippen LogP contribution in [-0.2, 0) is 6.18 Å². The average Bonchev–Trinajstić information content (AvgIpc) is 2.72. The highest BCUT2D eigenvalue weighted by Crippen LogP contribution is 2.30. The van der Waals surface area contributed by atoms with Crippen LogP contribution in [0.15, 0.2) is 35.5 Å². The topological polar surface area (TPSA) is 92.7 Å². The van der Waals surface area contributed by atoms with E-state index in [1.807, 2.05) is 19.9 Å². The molecule has 0 saturated heterocycles.